The molecule has 28 heavy (non-hydrogen) atoms. The van der Waals surface area contributed by atoms with Gasteiger partial charge in [-0.1, -0.05) is 6.07 Å². The first-order valence-electron chi connectivity index (χ1n) is 8.13. The number of rotatable bonds is 4. The zero-order valence-corrected chi connectivity index (χ0v) is 16.2. The van der Waals surface area contributed by atoms with Crippen LogP contribution in [0.4, 0.5) is 8.78 Å². The highest BCUT2D eigenvalue weighted by molar-refractivity contribution is 7.80. The second-order valence-corrected chi connectivity index (χ2v) is 7.28. The largest absolute Gasteiger partial charge is 0.494 e. The van der Waals surface area contributed by atoms with Gasteiger partial charge in [0.05, 0.1) is 19.3 Å². The van der Waals surface area contributed by atoms with E-state index in [1.807, 2.05) is 11.4 Å². The minimum atomic E-state index is -0.922. The highest BCUT2D eigenvalue weighted by Gasteiger charge is 2.14. The highest BCUT2D eigenvalue weighted by Crippen LogP contribution is 2.30. The Kier molecular flexibility index (Phi) is 4.86. The molecule has 0 saturated carbocycles. The maximum Gasteiger partial charge on any atom is 0.286 e. The molecule has 0 aliphatic heterocycles. The van der Waals surface area contributed by atoms with E-state index in [-0.39, 0.29) is 17.5 Å². The number of hydrogen-bond acceptors (Lipinski definition) is 6. The van der Waals surface area contributed by atoms with Crippen LogP contribution in [0, 0.1) is 11.6 Å². The van der Waals surface area contributed by atoms with E-state index >= 15 is 0 Å². The molecule has 3 heterocycles. The average molecular weight is 417 g/mol. The molecule has 1 aromatic carbocycles. The summed E-state index contributed by atoms with van der Waals surface area (Å²) in [5.41, 5.74) is 0.578. The van der Waals surface area contributed by atoms with Gasteiger partial charge in [0.2, 0.25) is 0 Å². The van der Waals surface area contributed by atoms with Gasteiger partial charge >= 0.3 is 0 Å². The molecule has 142 valence electrons. The molecule has 0 aliphatic rings. The average Bonchev–Trinajstić information content (AvgIpc) is 3.13. The van der Waals surface area contributed by atoms with E-state index in [0.29, 0.717) is 21.7 Å². The summed E-state index contributed by atoms with van der Waals surface area (Å²) in [6.45, 7) is -0.00387. The Bertz CT molecular complexity index is 1250. The summed E-state index contributed by atoms with van der Waals surface area (Å²) in [7, 11) is 1.37. The van der Waals surface area contributed by atoms with E-state index in [9.17, 15) is 13.6 Å². The van der Waals surface area contributed by atoms with Crippen LogP contribution in [0.3, 0.4) is 0 Å². The van der Waals surface area contributed by atoms with Crippen molar-refractivity contribution < 1.29 is 13.5 Å². The van der Waals surface area contributed by atoms with Crippen LogP contribution in [0.1, 0.15) is 5.56 Å². The number of thiol groups is 1. The Morgan fingerprint density at radius 1 is 1.18 bits per heavy atom. The van der Waals surface area contributed by atoms with E-state index in [1.165, 1.54) is 41.3 Å². The Morgan fingerprint density at radius 3 is 2.75 bits per heavy atom. The molecule has 0 radical (unpaired) electrons. The molecule has 4 aromatic rings. The monoisotopic (exact) mass is 417 g/mol. The van der Waals surface area contributed by atoms with Crippen molar-refractivity contribution in [3.8, 4) is 17.0 Å². The topological polar surface area (TPSA) is 57.0 Å². The third-order valence-electron chi connectivity index (χ3n) is 4.20. The molecule has 0 spiro atoms. The molecule has 0 fully saturated rings. The van der Waals surface area contributed by atoms with Crippen LogP contribution in [0.15, 0.2) is 51.9 Å². The van der Waals surface area contributed by atoms with Crippen molar-refractivity contribution in [3.05, 3.63) is 69.5 Å². The quantitative estimate of drug-likeness (QED) is 0.401. The van der Waals surface area contributed by atoms with Crippen LogP contribution >= 0.6 is 24.0 Å². The van der Waals surface area contributed by atoms with E-state index in [1.54, 1.807) is 6.07 Å². The third-order valence-corrected chi connectivity index (χ3v) is 5.20. The maximum absolute atomic E-state index is 14.4. The molecule has 0 bridgehead atoms. The van der Waals surface area contributed by atoms with Crippen LogP contribution in [0.2, 0.25) is 0 Å². The number of aromatic nitrogens is 3. The molecule has 0 saturated heterocycles. The zero-order chi connectivity index (χ0) is 19.8. The van der Waals surface area contributed by atoms with E-state index in [4.69, 9.17) is 4.74 Å². The van der Waals surface area contributed by atoms with Crippen molar-refractivity contribution in [3.63, 3.8) is 0 Å². The van der Waals surface area contributed by atoms with Gasteiger partial charge in [-0.25, -0.2) is 18.7 Å². The van der Waals surface area contributed by atoms with E-state index in [2.05, 4.69) is 22.6 Å². The molecular formula is C19H13F2N3O2S2. The van der Waals surface area contributed by atoms with Crippen molar-refractivity contribution in [2.45, 2.75) is 11.7 Å². The Hall–Kier alpha value is -2.78. The lowest BCUT2D eigenvalue weighted by Crippen LogP contribution is -2.23. The fourth-order valence-corrected chi connectivity index (χ4v) is 3.95. The SMILES string of the molecule is COc1ccc(Cn2cc(-c3nc(S)nc4sccc34)cc(F)c2=O)cc1F. The molecule has 0 unspecified atom stereocenters. The van der Waals surface area contributed by atoms with Crippen LogP contribution < -0.4 is 10.3 Å². The number of ether oxygens (including phenoxy) is 1. The second kappa shape index (κ2) is 7.33. The summed E-state index contributed by atoms with van der Waals surface area (Å²) in [6, 6.07) is 7.30. The zero-order valence-electron chi connectivity index (χ0n) is 14.5. The number of halogens is 2. The van der Waals surface area contributed by atoms with Crippen molar-refractivity contribution in [1.82, 2.24) is 14.5 Å². The first-order valence-corrected chi connectivity index (χ1v) is 9.46. The standard InChI is InChI=1S/C19H13F2N3O2S2/c1-26-15-3-2-10(6-13(15)20)8-24-9-11(7-14(21)18(24)25)16-12-4-5-28-17(12)23-19(27)22-16/h2-7,9H,8H2,1H3,(H,22,23,27). The number of pyridine rings is 1. The van der Waals surface area contributed by atoms with Crippen LogP contribution in [0.25, 0.3) is 21.5 Å². The van der Waals surface area contributed by atoms with Gasteiger partial charge in [-0.15, -0.1) is 24.0 Å². The molecule has 0 atom stereocenters. The lowest BCUT2D eigenvalue weighted by Gasteiger charge is -2.11. The van der Waals surface area contributed by atoms with Gasteiger partial charge in [-0.2, -0.15) is 0 Å². The predicted octanol–water partition coefficient (Wildman–Crippen LogP) is 4.14. The smallest absolute Gasteiger partial charge is 0.286 e. The molecule has 0 aliphatic carbocycles. The number of nitrogens with zero attached hydrogens (tertiary/aromatic N) is 3. The Balaban J connectivity index is 1.82. The normalized spacial score (nSPS) is 11.1. The summed E-state index contributed by atoms with van der Waals surface area (Å²) in [5, 5.41) is 2.84. The minimum absolute atomic E-state index is 0.00387. The first kappa shape index (κ1) is 18.6. The summed E-state index contributed by atoms with van der Waals surface area (Å²) >= 11 is 5.62. The Labute approximate surface area is 167 Å². The van der Waals surface area contributed by atoms with Gasteiger partial charge in [-0.05, 0) is 35.2 Å². The van der Waals surface area contributed by atoms with Gasteiger partial charge in [-0.3, -0.25) is 4.79 Å². The van der Waals surface area contributed by atoms with E-state index < -0.39 is 17.2 Å². The molecule has 5 nitrogen and oxygen atoms in total. The van der Waals surface area contributed by atoms with Crippen LogP contribution in [-0.4, -0.2) is 21.6 Å². The lowest BCUT2D eigenvalue weighted by molar-refractivity contribution is 0.386. The van der Waals surface area contributed by atoms with Crippen LogP contribution in [-0.2, 0) is 6.54 Å². The fraction of sp³-hybridized carbons (Fsp3) is 0.105. The van der Waals surface area contributed by atoms with Crippen molar-refractivity contribution in [2.75, 3.05) is 7.11 Å². The summed E-state index contributed by atoms with van der Waals surface area (Å²) in [4.78, 5) is 21.5. The predicted molar refractivity (Wildman–Crippen MR) is 106 cm³/mol. The third kappa shape index (κ3) is 3.38. The molecule has 4 rings (SSSR count). The fourth-order valence-electron chi connectivity index (χ4n) is 2.92. The van der Waals surface area contributed by atoms with Crippen molar-refractivity contribution >= 4 is 34.2 Å². The summed E-state index contributed by atoms with van der Waals surface area (Å²) in [5.74, 6) is -1.38. The van der Waals surface area contributed by atoms with Gasteiger partial charge in [0.15, 0.2) is 22.5 Å². The number of thiophene rings is 1. The lowest BCUT2D eigenvalue weighted by atomic mass is 10.1. The number of methoxy groups -OCH3 is 1. The number of fused-ring (bicyclic) bond motifs is 1. The maximum atomic E-state index is 14.4. The molecule has 3 aromatic heterocycles. The molecule has 0 N–H and O–H groups in total. The van der Waals surface area contributed by atoms with Crippen molar-refractivity contribution in [1.29, 1.82) is 0 Å². The summed E-state index contributed by atoms with van der Waals surface area (Å²) in [6.07, 6.45) is 1.50. The van der Waals surface area contributed by atoms with Gasteiger partial charge < -0.3 is 9.30 Å². The number of hydrogen-bond donors (Lipinski definition) is 1. The highest BCUT2D eigenvalue weighted by atomic mass is 32.1. The number of benzene rings is 1. The second-order valence-electron chi connectivity index (χ2n) is 5.99. The Morgan fingerprint density at radius 2 is 2.00 bits per heavy atom. The van der Waals surface area contributed by atoms with Gasteiger partial charge in [0, 0.05) is 17.1 Å². The molecule has 9 heteroatoms. The minimum Gasteiger partial charge on any atom is -0.494 e. The van der Waals surface area contributed by atoms with E-state index in [0.717, 1.165) is 11.5 Å². The van der Waals surface area contributed by atoms with Gasteiger partial charge in [0.25, 0.3) is 5.56 Å². The van der Waals surface area contributed by atoms with Crippen LogP contribution in [0.5, 0.6) is 5.75 Å². The first-order chi connectivity index (χ1) is 13.5. The summed E-state index contributed by atoms with van der Waals surface area (Å²) < 4.78 is 34.4. The molecular weight excluding hydrogens is 404 g/mol. The van der Waals surface area contributed by atoms with Gasteiger partial charge in [0.1, 0.15) is 4.83 Å². The van der Waals surface area contributed by atoms with Crippen molar-refractivity contribution in [2.24, 2.45) is 0 Å². The molecule has 0 amide bonds.